The van der Waals surface area contributed by atoms with Crippen molar-refractivity contribution in [3.63, 3.8) is 0 Å². The van der Waals surface area contributed by atoms with Crippen molar-refractivity contribution in [2.75, 3.05) is 0 Å². The third kappa shape index (κ3) is 15.9. The lowest BCUT2D eigenvalue weighted by Crippen LogP contribution is -2.41. The van der Waals surface area contributed by atoms with Gasteiger partial charge in [0.25, 0.3) is 5.97 Å². The van der Waals surface area contributed by atoms with E-state index in [4.69, 9.17) is 29.6 Å². The molecule has 1 aliphatic heterocycles. The van der Waals surface area contributed by atoms with Crippen molar-refractivity contribution < 1.29 is 43.9 Å². The van der Waals surface area contributed by atoms with Gasteiger partial charge in [-0.15, -0.1) is 0 Å². The molecule has 9 nitrogen and oxygen atoms in total. The highest BCUT2D eigenvalue weighted by Crippen LogP contribution is 2.36. The smallest absolute Gasteiger partial charge is 0.308 e. The summed E-state index contributed by atoms with van der Waals surface area (Å²) in [5.41, 5.74) is 1.02. The van der Waals surface area contributed by atoms with Gasteiger partial charge in [-0.05, 0) is 57.7 Å². The molecule has 2 aromatic rings. The maximum atomic E-state index is 11.3. The zero-order chi connectivity index (χ0) is 33.1. The van der Waals surface area contributed by atoms with E-state index in [1.807, 2.05) is 13.0 Å². The normalized spacial score (nSPS) is 22.2. The van der Waals surface area contributed by atoms with E-state index in [1.54, 1.807) is 0 Å². The predicted molar refractivity (Wildman–Crippen MR) is 170 cm³/mol. The summed E-state index contributed by atoms with van der Waals surface area (Å²) in [6.07, 6.45) is 12.0. The third-order valence-electron chi connectivity index (χ3n) is 7.21. The molecule has 4 rings (SSSR count). The van der Waals surface area contributed by atoms with Gasteiger partial charge in [-0.3, -0.25) is 14.4 Å². The lowest BCUT2D eigenvalue weighted by Gasteiger charge is -2.41. The van der Waals surface area contributed by atoms with Crippen LogP contribution in [0.25, 0.3) is 0 Å². The number of phenols is 2. The number of carbonyl (C=O) groups excluding carboxylic acids is 2. The molecule has 44 heavy (non-hydrogen) atoms. The Labute approximate surface area is 262 Å². The largest absolute Gasteiger partial charge is 0.504 e. The first kappa shape index (κ1) is 38.6. The van der Waals surface area contributed by atoms with Gasteiger partial charge in [-0.25, -0.2) is 0 Å². The van der Waals surface area contributed by atoms with Gasteiger partial charge in [-0.2, -0.15) is 0 Å². The zero-order valence-electron chi connectivity index (χ0n) is 27.2. The Morgan fingerprint density at radius 3 is 2.14 bits per heavy atom. The number of rotatable bonds is 8. The lowest BCUT2D eigenvalue weighted by molar-refractivity contribution is -0.270. The highest BCUT2D eigenvalue weighted by atomic mass is 16.7. The fraction of sp³-hybridized carbons (Fsp3) is 0.571. The van der Waals surface area contributed by atoms with Crippen LogP contribution in [0.4, 0.5) is 0 Å². The van der Waals surface area contributed by atoms with Gasteiger partial charge < -0.3 is 29.5 Å². The molecule has 1 saturated heterocycles. The van der Waals surface area contributed by atoms with Crippen LogP contribution in [0.5, 0.6) is 17.2 Å². The number of unbranched alkanes of at least 4 members (excludes halogenated alkanes) is 4. The summed E-state index contributed by atoms with van der Waals surface area (Å²) in [4.78, 5) is 30.7. The molecule has 2 fully saturated rings. The number of carboxylic acid groups (broad SMARTS) is 1. The Morgan fingerprint density at radius 2 is 1.61 bits per heavy atom. The lowest BCUT2D eigenvalue weighted by atomic mass is 9.89. The molecule has 2 aliphatic rings. The van der Waals surface area contributed by atoms with Crippen LogP contribution in [0.3, 0.4) is 0 Å². The van der Waals surface area contributed by atoms with Gasteiger partial charge in [0.2, 0.25) is 0 Å². The summed E-state index contributed by atoms with van der Waals surface area (Å²) in [6.45, 7) is 10.8. The van der Waals surface area contributed by atoms with E-state index in [0.717, 1.165) is 32.3 Å². The molecule has 0 spiro atoms. The van der Waals surface area contributed by atoms with Crippen LogP contribution in [0, 0.1) is 5.92 Å². The maximum absolute atomic E-state index is 11.3. The summed E-state index contributed by atoms with van der Waals surface area (Å²) in [5.74, 6) is -0.672. The number of aliphatic carboxylic acids is 1. The van der Waals surface area contributed by atoms with E-state index in [-0.39, 0.29) is 35.2 Å². The summed E-state index contributed by atoms with van der Waals surface area (Å²) >= 11 is 0. The Balaban J connectivity index is 0.000000313. The topological polar surface area (TPSA) is 140 Å². The number of carbonyl (C=O) groups is 3. The number of Topliss-reactive ketones (excluding diaryl/α,β-unsaturated/α-hetero) is 1. The molecule has 246 valence electrons. The van der Waals surface area contributed by atoms with E-state index in [9.17, 15) is 9.59 Å². The minimum Gasteiger partial charge on any atom is -0.504 e. The van der Waals surface area contributed by atoms with Crippen LogP contribution in [0.1, 0.15) is 111 Å². The first-order chi connectivity index (χ1) is 20.8. The van der Waals surface area contributed by atoms with Crippen LogP contribution >= 0.6 is 0 Å². The standard InChI is InChI=1S/C13H18O2.C12H22O.C8H8O4.C2H4O2/c1-10-9-13(3,15-11(2)14-10)12-7-5-4-6-8-12;1-2-3-4-5-6-8-11-9-7-10-12(11)13;1-5(9)12-6-2-3-7(10)8(11)4-6;1-2(3)4/h4-8,10-11H,9H2,1-3H3;11H,2-10H2,1H3;2-4,10-11H,1H3;1H3,(H,3,4). The number of aromatic hydroxyl groups is 2. The number of ketones is 1. The molecule has 4 atom stereocenters. The van der Waals surface area contributed by atoms with E-state index in [0.29, 0.717) is 11.7 Å². The van der Waals surface area contributed by atoms with Crippen molar-refractivity contribution in [2.45, 2.75) is 124 Å². The second-order valence-electron chi connectivity index (χ2n) is 11.5. The van der Waals surface area contributed by atoms with Gasteiger partial charge in [0.15, 0.2) is 17.8 Å². The molecular weight excluding hydrogens is 564 g/mol. The Morgan fingerprint density at radius 1 is 0.977 bits per heavy atom. The molecule has 0 aromatic heterocycles. The maximum Gasteiger partial charge on any atom is 0.308 e. The van der Waals surface area contributed by atoms with Crippen molar-refractivity contribution in [2.24, 2.45) is 5.92 Å². The van der Waals surface area contributed by atoms with Gasteiger partial charge in [0.1, 0.15) is 11.5 Å². The molecule has 0 bridgehead atoms. The van der Waals surface area contributed by atoms with Crippen LogP contribution < -0.4 is 4.74 Å². The highest BCUT2D eigenvalue weighted by Gasteiger charge is 2.36. The van der Waals surface area contributed by atoms with Crippen molar-refractivity contribution in [3.8, 4) is 17.2 Å². The molecule has 0 amide bonds. The molecule has 2 aromatic carbocycles. The molecule has 1 saturated carbocycles. The van der Waals surface area contributed by atoms with Crippen molar-refractivity contribution in [1.29, 1.82) is 0 Å². The number of esters is 1. The first-order valence-electron chi connectivity index (χ1n) is 15.6. The molecule has 1 aliphatic carbocycles. The Bertz CT molecular complexity index is 1120. The SMILES string of the molecule is CC(=O)O.CC(=O)Oc1ccc(O)c(O)c1.CC1CC(C)(c2ccccc2)OC(C)O1.CCCCCCCC1CCCC1=O. The average Bonchev–Trinajstić information content (AvgIpc) is 3.35. The highest BCUT2D eigenvalue weighted by molar-refractivity contribution is 5.82. The van der Waals surface area contributed by atoms with Gasteiger partial charge in [0.05, 0.1) is 11.7 Å². The summed E-state index contributed by atoms with van der Waals surface area (Å²) < 4.78 is 16.1. The number of hydrogen-bond acceptors (Lipinski definition) is 8. The minimum atomic E-state index is -0.833. The molecular formula is C35H52O9. The quantitative estimate of drug-likeness (QED) is 0.117. The van der Waals surface area contributed by atoms with Gasteiger partial charge in [-0.1, -0.05) is 69.4 Å². The monoisotopic (exact) mass is 616 g/mol. The first-order valence-corrected chi connectivity index (χ1v) is 15.6. The van der Waals surface area contributed by atoms with Crippen LogP contribution in [0.15, 0.2) is 48.5 Å². The average molecular weight is 617 g/mol. The number of hydrogen-bond donors (Lipinski definition) is 3. The molecule has 4 unspecified atom stereocenters. The van der Waals surface area contributed by atoms with Crippen molar-refractivity contribution in [3.05, 3.63) is 54.1 Å². The molecule has 3 N–H and O–H groups in total. The number of ether oxygens (including phenoxy) is 3. The minimum absolute atomic E-state index is 0.126. The summed E-state index contributed by atoms with van der Waals surface area (Å²) in [6, 6.07) is 14.2. The van der Waals surface area contributed by atoms with E-state index in [1.165, 1.54) is 69.6 Å². The van der Waals surface area contributed by atoms with Crippen molar-refractivity contribution >= 4 is 17.7 Å². The summed E-state index contributed by atoms with van der Waals surface area (Å²) in [5, 5.41) is 25.3. The van der Waals surface area contributed by atoms with Crippen LogP contribution in [0.2, 0.25) is 0 Å². The third-order valence-corrected chi connectivity index (χ3v) is 7.21. The predicted octanol–water partition coefficient (Wildman–Crippen LogP) is 7.90. The van der Waals surface area contributed by atoms with Crippen LogP contribution in [-0.4, -0.2) is 45.4 Å². The number of carboxylic acids is 1. The van der Waals surface area contributed by atoms with E-state index in [2.05, 4.69) is 49.8 Å². The molecule has 1 heterocycles. The Hall–Kier alpha value is -3.43. The number of phenolic OH excluding ortho intramolecular Hbond substituents is 2. The molecule has 9 heteroatoms. The van der Waals surface area contributed by atoms with Crippen molar-refractivity contribution in [1.82, 2.24) is 0 Å². The second-order valence-corrected chi connectivity index (χ2v) is 11.5. The fourth-order valence-corrected chi connectivity index (χ4v) is 5.26. The van der Waals surface area contributed by atoms with Gasteiger partial charge >= 0.3 is 5.97 Å². The zero-order valence-corrected chi connectivity index (χ0v) is 27.2. The van der Waals surface area contributed by atoms with E-state index < -0.39 is 11.9 Å². The molecule has 0 radical (unpaired) electrons. The summed E-state index contributed by atoms with van der Waals surface area (Å²) in [7, 11) is 0. The fourth-order valence-electron chi connectivity index (χ4n) is 5.26. The number of benzene rings is 2. The van der Waals surface area contributed by atoms with E-state index >= 15 is 0 Å². The second kappa shape index (κ2) is 20.5. The Kier molecular flexibility index (Phi) is 18.0. The van der Waals surface area contributed by atoms with Crippen LogP contribution in [-0.2, 0) is 29.5 Å². The van der Waals surface area contributed by atoms with Gasteiger partial charge in [0, 0.05) is 38.7 Å².